The van der Waals surface area contributed by atoms with E-state index in [4.69, 9.17) is 14.2 Å². The van der Waals surface area contributed by atoms with Gasteiger partial charge in [-0.25, -0.2) is 0 Å². The molecule has 0 fully saturated rings. The van der Waals surface area contributed by atoms with Crippen molar-refractivity contribution in [3.8, 4) is 11.5 Å². The maximum absolute atomic E-state index is 10.8. The number of hydrogen-bond donors (Lipinski definition) is 1. The Morgan fingerprint density at radius 1 is 1.03 bits per heavy atom. The lowest BCUT2D eigenvalue weighted by Gasteiger charge is -2.22. The van der Waals surface area contributed by atoms with Crippen LogP contribution in [0.1, 0.15) is 16.8 Å². The van der Waals surface area contributed by atoms with Crippen LogP contribution in [0.3, 0.4) is 0 Å². The predicted octanol–water partition coefficient (Wildman–Crippen LogP) is 3.78. The van der Waals surface area contributed by atoms with Crippen LogP contribution in [-0.4, -0.2) is 61.7 Å². The van der Waals surface area contributed by atoms with Gasteiger partial charge in [-0.1, -0.05) is 24.3 Å². The second-order valence-electron chi connectivity index (χ2n) is 8.02. The monoisotopic (exact) mass is 426 g/mol. The quantitative estimate of drug-likeness (QED) is 0.473. The zero-order chi connectivity index (χ0) is 22.4. The van der Waals surface area contributed by atoms with Crippen LogP contribution < -0.4 is 9.47 Å². The third-order valence-corrected chi connectivity index (χ3v) is 5.69. The molecule has 0 saturated heterocycles. The van der Waals surface area contributed by atoms with E-state index in [1.807, 2.05) is 31.3 Å². The number of ether oxygens (including phenoxy) is 3. The molecule has 0 saturated carbocycles. The minimum atomic E-state index is -0.477. The third-order valence-electron chi connectivity index (χ3n) is 5.69. The number of likely N-dealkylation sites (N-methyl/N-ethyl adjacent to an activating group) is 1. The Bertz CT molecular complexity index is 999. The second-order valence-corrected chi connectivity index (χ2v) is 8.02. The first kappa shape index (κ1) is 23.1. The predicted molar refractivity (Wildman–Crippen MR) is 124 cm³/mol. The summed E-state index contributed by atoms with van der Waals surface area (Å²) in [5, 5.41) is 12.1. The van der Waals surface area contributed by atoms with E-state index in [0.717, 1.165) is 5.56 Å². The molecule has 0 aliphatic heterocycles. The van der Waals surface area contributed by atoms with Crippen molar-refractivity contribution in [2.75, 3.05) is 41.0 Å². The van der Waals surface area contributed by atoms with E-state index in [1.165, 1.54) is 22.2 Å². The molecule has 0 aliphatic carbocycles. The van der Waals surface area contributed by atoms with Crippen LogP contribution in [0.15, 0.2) is 42.5 Å². The number of hydrogen-bond acceptors (Lipinski definition) is 5. The number of para-hydroxylation sites is 1. The molecule has 3 rings (SSSR count). The van der Waals surface area contributed by atoms with Crippen LogP contribution in [0.5, 0.6) is 11.5 Å². The minimum absolute atomic E-state index is 0.467. The van der Waals surface area contributed by atoms with E-state index in [9.17, 15) is 5.11 Å². The van der Waals surface area contributed by atoms with Crippen LogP contribution >= 0.6 is 0 Å². The first-order valence-electron chi connectivity index (χ1n) is 10.6. The van der Waals surface area contributed by atoms with Crippen LogP contribution in [0.2, 0.25) is 0 Å². The summed E-state index contributed by atoms with van der Waals surface area (Å²) in [4.78, 5) is 2.12. The molecular formula is C25H34N2O4. The van der Waals surface area contributed by atoms with Crippen molar-refractivity contribution in [2.24, 2.45) is 0 Å². The highest BCUT2D eigenvalue weighted by Gasteiger charge is 2.16. The van der Waals surface area contributed by atoms with E-state index >= 15 is 0 Å². The smallest absolute Gasteiger partial charge is 0.161 e. The van der Waals surface area contributed by atoms with Crippen LogP contribution in [-0.2, 0) is 17.8 Å². The van der Waals surface area contributed by atoms with E-state index < -0.39 is 6.10 Å². The van der Waals surface area contributed by atoms with Crippen molar-refractivity contribution >= 4 is 10.9 Å². The molecule has 0 unspecified atom stereocenters. The third kappa shape index (κ3) is 5.58. The number of fused-ring (bicyclic) bond motifs is 1. The number of rotatable bonds is 11. The van der Waals surface area contributed by atoms with Crippen molar-refractivity contribution in [1.82, 2.24) is 9.47 Å². The molecule has 168 valence electrons. The van der Waals surface area contributed by atoms with Gasteiger partial charge in [-0.3, -0.25) is 4.90 Å². The summed E-state index contributed by atoms with van der Waals surface area (Å²) in [6.07, 6.45) is -0.477. The highest BCUT2D eigenvalue weighted by atomic mass is 16.5. The standard InChI is InChI=1S/C25H34N2O4/c1-18-19(2)27(23-9-7-6-8-22(18)23)17-21(28)16-26(3)15-20-10-11-24(30-5)25(14-20)31-13-12-29-4/h6-11,14,21,28H,12-13,15-17H2,1-5H3/t21-/m0/s1. The number of aromatic nitrogens is 1. The van der Waals surface area contributed by atoms with Gasteiger partial charge in [0.15, 0.2) is 11.5 Å². The summed E-state index contributed by atoms with van der Waals surface area (Å²) in [5.74, 6) is 1.41. The van der Waals surface area contributed by atoms with E-state index in [0.29, 0.717) is 44.3 Å². The van der Waals surface area contributed by atoms with Gasteiger partial charge in [-0.15, -0.1) is 0 Å². The average Bonchev–Trinajstić information content (AvgIpc) is 2.99. The van der Waals surface area contributed by atoms with Crippen molar-refractivity contribution in [2.45, 2.75) is 33.0 Å². The highest BCUT2D eigenvalue weighted by Crippen LogP contribution is 2.29. The van der Waals surface area contributed by atoms with Gasteiger partial charge < -0.3 is 23.9 Å². The van der Waals surface area contributed by atoms with Gasteiger partial charge in [-0.2, -0.15) is 0 Å². The summed E-state index contributed by atoms with van der Waals surface area (Å²) in [7, 11) is 5.30. The molecule has 0 spiro atoms. The molecule has 3 aromatic rings. The van der Waals surface area contributed by atoms with Crippen molar-refractivity contribution in [3.05, 3.63) is 59.3 Å². The molecule has 1 aromatic heterocycles. The van der Waals surface area contributed by atoms with Crippen LogP contribution in [0, 0.1) is 13.8 Å². The van der Waals surface area contributed by atoms with Crippen molar-refractivity contribution < 1.29 is 19.3 Å². The lowest BCUT2D eigenvalue weighted by Crippen LogP contribution is -2.32. The Morgan fingerprint density at radius 3 is 2.55 bits per heavy atom. The first-order valence-corrected chi connectivity index (χ1v) is 10.6. The molecule has 6 heteroatoms. The zero-order valence-electron chi connectivity index (χ0n) is 19.2. The normalized spacial score (nSPS) is 12.5. The number of aryl methyl sites for hydroxylation is 1. The number of nitrogens with zero attached hydrogens (tertiary/aromatic N) is 2. The number of benzene rings is 2. The summed E-state index contributed by atoms with van der Waals surface area (Å²) in [6, 6.07) is 14.3. The highest BCUT2D eigenvalue weighted by molar-refractivity contribution is 5.85. The fraction of sp³-hybridized carbons (Fsp3) is 0.440. The van der Waals surface area contributed by atoms with Crippen molar-refractivity contribution in [1.29, 1.82) is 0 Å². The maximum atomic E-state index is 10.8. The molecule has 6 nitrogen and oxygen atoms in total. The van der Waals surface area contributed by atoms with E-state index in [2.05, 4.69) is 41.5 Å². The van der Waals surface area contributed by atoms with Gasteiger partial charge in [0.1, 0.15) is 6.61 Å². The van der Waals surface area contributed by atoms with Gasteiger partial charge >= 0.3 is 0 Å². The van der Waals surface area contributed by atoms with Gasteiger partial charge in [-0.05, 0) is 50.2 Å². The van der Waals surface area contributed by atoms with E-state index in [-0.39, 0.29) is 0 Å². The van der Waals surface area contributed by atoms with Gasteiger partial charge in [0.2, 0.25) is 0 Å². The molecule has 0 radical (unpaired) electrons. The molecule has 2 aromatic carbocycles. The maximum Gasteiger partial charge on any atom is 0.161 e. The first-order chi connectivity index (χ1) is 14.9. The fourth-order valence-electron chi connectivity index (χ4n) is 4.01. The number of methoxy groups -OCH3 is 2. The molecule has 0 bridgehead atoms. The van der Waals surface area contributed by atoms with Crippen LogP contribution in [0.4, 0.5) is 0 Å². The molecule has 0 amide bonds. The Kier molecular flexibility index (Phi) is 7.96. The topological polar surface area (TPSA) is 56.1 Å². The lowest BCUT2D eigenvalue weighted by atomic mass is 10.2. The largest absolute Gasteiger partial charge is 0.493 e. The summed E-state index contributed by atoms with van der Waals surface area (Å²) >= 11 is 0. The number of aliphatic hydroxyl groups excluding tert-OH is 1. The van der Waals surface area contributed by atoms with E-state index in [1.54, 1.807) is 14.2 Å². The number of aliphatic hydroxyl groups is 1. The molecule has 1 atom stereocenters. The van der Waals surface area contributed by atoms with Gasteiger partial charge in [0, 0.05) is 36.8 Å². The zero-order valence-corrected chi connectivity index (χ0v) is 19.2. The molecule has 31 heavy (non-hydrogen) atoms. The average molecular weight is 427 g/mol. The SMILES string of the molecule is COCCOc1cc(CN(C)C[C@H](O)Cn2c(C)c(C)c3ccccc32)ccc1OC. The van der Waals surface area contributed by atoms with Gasteiger partial charge in [0.05, 0.1) is 26.4 Å². The lowest BCUT2D eigenvalue weighted by molar-refractivity contribution is 0.107. The Hall–Kier alpha value is -2.54. The second kappa shape index (κ2) is 10.7. The molecular weight excluding hydrogens is 392 g/mol. The minimum Gasteiger partial charge on any atom is -0.493 e. The Labute approximate surface area is 184 Å². The summed E-state index contributed by atoms with van der Waals surface area (Å²) < 4.78 is 18.5. The fourth-order valence-corrected chi connectivity index (χ4v) is 4.01. The molecule has 0 aliphatic rings. The van der Waals surface area contributed by atoms with Crippen LogP contribution in [0.25, 0.3) is 10.9 Å². The summed E-state index contributed by atoms with van der Waals surface area (Å²) in [6.45, 7) is 7.08. The van der Waals surface area contributed by atoms with Gasteiger partial charge in [0.25, 0.3) is 0 Å². The Morgan fingerprint density at radius 2 is 1.81 bits per heavy atom. The van der Waals surface area contributed by atoms with Crippen molar-refractivity contribution in [3.63, 3.8) is 0 Å². The Balaban J connectivity index is 1.64. The molecule has 1 N–H and O–H groups in total. The summed E-state index contributed by atoms with van der Waals surface area (Å²) in [5.41, 5.74) is 4.75. The molecule has 1 heterocycles.